The molecule has 0 aromatic heterocycles. The number of esters is 3. The van der Waals surface area contributed by atoms with Crippen LogP contribution in [0.5, 0.6) is 0 Å². The second-order valence-corrected chi connectivity index (χ2v) is 65.0. The van der Waals surface area contributed by atoms with Crippen LogP contribution in [-0.4, -0.2) is 170 Å². The number of rotatable bonds is 49. The SMILES string of the molecule is C=C(CC(=O)OCCOCCC[Si](C)(C)O[Si](C)(C)O[Si](C)(C)CCCC)C(C)=O.CCCC[Si](C)(C)O[Si](C)(C)O[Si](C)(C)CCCOCCOC(=O)/C=C/C(C)=O.CCCC[Si](C)(C)O[Si](C)(C)O[Si](C)(C)CCCOCCOC(=O)/C=C\C(C)=O. The van der Waals surface area contributed by atoms with Crippen LogP contribution < -0.4 is 0 Å². The van der Waals surface area contributed by atoms with Gasteiger partial charge in [0.1, 0.15) is 19.8 Å². The number of Topliss-reactive ketones (excluding diaryl/α,β-unsaturated/α-hetero) is 1. The highest BCUT2D eigenvalue weighted by Gasteiger charge is 2.42. The Balaban J connectivity index is -0.00000123. The third-order valence-corrected chi connectivity index (χ3v) is 47.3. The number of carbonyl (C=O) groups is 6. The van der Waals surface area contributed by atoms with Gasteiger partial charge >= 0.3 is 43.6 Å². The Bertz CT molecular complexity index is 1980. The van der Waals surface area contributed by atoms with E-state index in [1.807, 2.05) is 0 Å². The van der Waals surface area contributed by atoms with Crippen molar-refractivity contribution in [1.29, 1.82) is 0 Å². The molecule has 0 amide bonds. The molecule has 0 fully saturated rings. The number of hydrogen-bond donors (Lipinski definition) is 0. The summed E-state index contributed by atoms with van der Waals surface area (Å²) in [5.74, 6) is -2.06. The molecule has 18 nitrogen and oxygen atoms in total. The molecule has 0 saturated heterocycles. The minimum atomic E-state index is -2.15. The van der Waals surface area contributed by atoms with Crippen molar-refractivity contribution in [3.05, 3.63) is 36.5 Å². The molecule has 0 saturated carbocycles. The zero-order valence-corrected chi connectivity index (χ0v) is 69.0. The molecule has 0 unspecified atom stereocenters. The molecule has 88 heavy (non-hydrogen) atoms. The molecule has 0 bridgehead atoms. The predicted octanol–water partition coefficient (Wildman–Crippen LogP) is 15.5. The zero-order valence-electron chi connectivity index (χ0n) is 60.0. The second kappa shape index (κ2) is 46.3. The van der Waals surface area contributed by atoms with Gasteiger partial charge in [-0.25, -0.2) is 9.59 Å². The molecule has 0 aliphatic carbocycles. The molecular formula is C61H128O18Si9. The molecule has 0 aromatic carbocycles. The van der Waals surface area contributed by atoms with Gasteiger partial charge in [0.25, 0.3) is 0 Å². The number of carbonyl (C=O) groups excluding carboxylic acids is 6. The summed E-state index contributed by atoms with van der Waals surface area (Å²) in [4.78, 5) is 66.8. The van der Waals surface area contributed by atoms with Crippen molar-refractivity contribution >= 4 is 111 Å². The fraction of sp³-hybridized carbons (Fsp3) is 0.803. The highest BCUT2D eigenvalue weighted by molar-refractivity contribution is 6.89. The predicted molar refractivity (Wildman–Crippen MR) is 381 cm³/mol. The van der Waals surface area contributed by atoms with Gasteiger partial charge in [0.15, 0.2) is 67.3 Å². The lowest BCUT2D eigenvalue weighted by atomic mass is 10.1. The van der Waals surface area contributed by atoms with Gasteiger partial charge in [-0.15, -0.1) is 0 Å². The van der Waals surface area contributed by atoms with E-state index in [2.05, 4.69) is 145 Å². The lowest BCUT2D eigenvalue weighted by molar-refractivity contribution is -0.145. The summed E-state index contributed by atoms with van der Waals surface area (Å²) in [6.45, 7) is 58.1. The van der Waals surface area contributed by atoms with E-state index in [-0.39, 0.29) is 49.2 Å². The molecule has 0 spiro atoms. The molecule has 0 aromatic rings. The van der Waals surface area contributed by atoms with E-state index in [0.717, 1.165) is 49.5 Å². The van der Waals surface area contributed by atoms with Crippen LogP contribution in [-0.2, 0) is 81.9 Å². The van der Waals surface area contributed by atoms with Gasteiger partial charge < -0.3 is 53.1 Å². The van der Waals surface area contributed by atoms with Crippen LogP contribution in [0, 0.1) is 0 Å². The highest BCUT2D eigenvalue weighted by Crippen LogP contribution is 2.29. The highest BCUT2D eigenvalue weighted by atomic mass is 28.5. The molecule has 0 rings (SSSR count). The molecule has 0 atom stereocenters. The Morgan fingerprint density at radius 1 is 0.330 bits per heavy atom. The Labute approximate surface area is 545 Å². The van der Waals surface area contributed by atoms with Crippen LogP contribution in [0.15, 0.2) is 36.5 Å². The van der Waals surface area contributed by atoms with Gasteiger partial charge in [0.2, 0.25) is 0 Å². The van der Waals surface area contributed by atoms with Gasteiger partial charge in [0, 0.05) is 32.0 Å². The van der Waals surface area contributed by atoms with Crippen LogP contribution in [0.4, 0.5) is 0 Å². The largest absolute Gasteiger partial charge is 0.463 e. The Hall–Kier alpha value is -1.77. The van der Waals surface area contributed by atoms with Crippen molar-refractivity contribution in [1.82, 2.24) is 0 Å². The lowest BCUT2D eigenvalue weighted by Gasteiger charge is -2.39. The Morgan fingerprint density at radius 3 is 0.795 bits per heavy atom. The Kier molecular flexibility index (Phi) is 47.6. The summed E-state index contributed by atoms with van der Waals surface area (Å²) in [5.41, 5.74) is 0.264. The fourth-order valence-corrected chi connectivity index (χ4v) is 52.3. The molecule has 0 heterocycles. The summed E-state index contributed by atoms with van der Waals surface area (Å²) in [7, 11) is -16.9. The summed E-state index contributed by atoms with van der Waals surface area (Å²) in [6.07, 6.45) is 14.6. The molecule has 0 aliphatic heterocycles. The molecular weight excluding hydrogens is 1270 g/mol. The first kappa shape index (κ1) is 90.4. The number of hydrogen-bond acceptors (Lipinski definition) is 18. The van der Waals surface area contributed by atoms with E-state index in [9.17, 15) is 28.8 Å². The maximum absolute atomic E-state index is 11.6. The van der Waals surface area contributed by atoms with Crippen molar-refractivity contribution in [3.63, 3.8) is 0 Å². The van der Waals surface area contributed by atoms with Crippen LogP contribution in [0.25, 0.3) is 0 Å². The molecule has 0 aliphatic rings. The Morgan fingerprint density at radius 2 is 0.568 bits per heavy atom. The maximum Gasteiger partial charge on any atom is 0.330 e. The van der Waals surface area contributed by atoms with Gasteiger partial charge in [0.05, 0.1) is 26.2 Å². The number of allylic oxidation sites excluding steroid dienone is 2. The molecule has 27 heteroatoms. The van der Waals surface area contributed by atoms with Crippen molar-refractivity contribution in [2.75, 3.05) is 59.5 Å². The maximum atomic E-state index is 11.6. The van der Waals surface area contributed by atoms with Gasteiger partial charge in [-0.05, 0) is 212 Å². The third-order valence-electron chi connectivity index (χ3n) is 12.9. The molecule has 0 N–H and O–H groups in total. The first-order valence-corrected chi connectivity index (χ1v) is 59.4. The second-order valence-electron chi connectivity index (χ2n) is 27.6. The fourth-order valence-electron chi connectivity index (χ4n) is 9.71. The van der Waals surface area contributed by atoms with Crippen molar-refractivity contribution in [3.8, 4) is 0 Å². The van der Waals surface area contributed by atoms with E-state index in [1.165, 1.54) is 89.6 Å². The first-order valence-electron chi connectivity index (χ1n) is 32.3. The number of unbranched alkanes of at least 4 members (excludes halogenated alkanes) is 3. The summed E-state index contributed by atoms with van der Waals surface area (Å²) in [6, 6.07) is 6.58. The van der Waals surface area contributed by atoms with Crippen LogP contribution in [0.2, 0.25) is 154 Å². The topological polar surface area (TPSA) is 213 Å². The molecule has 0 radical (unpaired) electrons. The van der Waals surface area contributed by atoms with Gasteiger partial charge in [-0.2, -0.15) is 0 Å². The minimum absolute atomic E-state index is 0.0632. The first-order chi connectivity index (χ1) is 40.3. The van der Waals surface area contributed by atoms with Crippen molar-refractivity contribution in [2.45, 2.75) is 260 Å². The van der Waals surface area contributed by atoms with Gasteiger partial charge in [-0.3, -0.25) is 19.2 Å². The smallest absolute Gasteiger partial charge is 0.330 e. The average molecular weight is 1400 g/mol. The quantitative estimate of drug-likeness (QED) is 0.0182. The van der Waals surface area contributed by atoms with E-state index in [0.29, 0.717) is 39.6 Å². The third kappa shape index (κ3) is 58.1. The number of ketones is 3. The lowest BCUT2D eigenvalue weighted by Crippen LogP contribution is -2.52. The van der Waals surface area contributed by atoms with Gasteiger partial charge in [-0.1, -0.05) is 65.9 Å². The summed E-state index contributed by atoms with van der Waals surface area (Å²) in [5, 5.41) is 0. The van der Waals surface area contributed by atoms with E-state index in [1.54, 1.807) is 0 Å². The van der Waals surface area contributed by atoms with Crippen LogP contribution in [0.3, 0.4) is 0 Å². The van der Waals surface area contributed by atoms with Crippen molar-refractivity contribution in [2.24, 2.45) is 0 Å². The standard InChI is InChI=1S/C21H44O6Si3.2C20H42O6Si3/c1-10-11-16-28(4,5)26-30(8,9)27-29(6,7)17-12-13-24-14-15-25-21(23)18-19(2)20(3)22;2*1-9-10-17-27(3,4)25-29(7,8)26-28(5,6)18-11-14-23-15-16-24-20(22)13-12-19(2)21/h2,10-18H2,1,3-9H3;2*12-13H,9-11,14-18H2,1-8H3/b;13-12+;13-12-. The van der Waals surface area contributed by atoms with Crippen molar-refractivity contribution < 1.29 is 81.9 Å². The average Bonchev–Trinajstić information content (AvgIpc) is 2.85. The normalized spacial score (nSPS) is 13.0. The number of ether oxygens (including phenoxy) is 6. The summed E-state index contributed by atoms with van der Waals surface area (Å²) >= 11 is 0. The summed E-state index contributed by atoms with van der Waals surface area (Å²) < 4.78 is 71.1. The minimum Gasteiger partial charge on any atom is -0.463 e. The van der Waals surface area contributed by atoms with E-state index in [4.69, 9.17) is 53.1 Å². The van der Waals surface area contributed by atoms with Crippen LogP contribution >= 0.6 is 0 Å². The zero-order chi connectivity index (χ0) is 68.5. The monoisotopic (exact) mass is 1400 g/mol. The molecule has 516 valence electrons. The van der Waals surface area contributed by atoms with E-state index >= 15 is 0 Å². The van der Waals surface area contributed by atoms with Crippen LogP contribution in [0.1, 0.15) is 106 Å². The van der Waals surface area contributed by atoms with E-state index < -0.39 is 93.5 Å².